The first-order chi connectivity index (χ1) is 22.1. The molecule has 0 aliphatic carbocycles. The van der Waals surface area contributed by atoms with Crippen LogP contribution in [0.5, 0.6) is 0 Å². The molecule has 0 radical (unpaired) electrons. The molecular weight excluding hydrogens is 550 g/mol. The maximum absolute atomic E-state index is 9.89. The van der Waals surface area contributed by atoms with Crippen LogP contribution in [0.3, 0.4) is 0 Å². The number of benzene rings is 6. The van der Waals surface area contributed by atoms with Crippen LogP contribution in [0.15, 0.2) is 127 Å². The first-order valence-electron chi connectivity index (χ1n) is 14.3. The lowest BCUT2D eigenvalue weighted by Gasteiger charge is -2.11. The van der Waals surface area contributed by atoms with Crippen molar-refractivity contribution in [3.8, 4) is 63.3 Å². The lowest BCUT2D eigenvalue weighted by molar-refractivity contribution is 1.18. The van der Waals surface area contributed by atoms with Crippen molar-refractivity contribution in [2.45, 2.75) is 0 Å². The summed E-state index contributed by atoms with van der Waals surface area (Å²) in [6.07, 6.45) is 0. The average molecular weight is 572 g/mol. The van der Waals surface area contributed by atoms with E-state index in [1.807, 2.05) is 54.6 Å². The number of hydrogen-bond acceptors (Lipinski definition) is 4. The fraction of sp³-hybridized carbons (Fsp3) is 0. The summed E-state index contributed by atoms with van der Waals surface area (Å²) >= 11 is 0. The summed E-state index contributed by atoms with van der Waals surface area (Å²) < 4.78 is 2.19. The quantitative estimate of drug-likeness (QED) is 0.210. The van der Waals surface area contributed by atoms with Gasteiger partial charge in [-0.05, 0) is 82.9 Å². The standard InChI is InChI=1S/C40H21N5/c41-22-30-8-4-9-31(23-42)39(30)28-14-18-37-35(20-28)36-21-29(40-32(24-43)10-5-11-33(40)25-44)15-19-38(36)45(37)34-16-12-27(13-17-34)26-6-2-1-3-7-26/h1-21H. The monoisotopic (exact) mass is 571 g/mol. The molecule has 5 nitrogen and oxygen atoms in total. The minimum absolute atomic E-state index is 0.427. The zero-order valence-electron chi connectivity index (χ0n) is 23.9. The zero-order chi connectivity index (χ0) is 30.9. The van der Waals surface area contributed by atoms with Crippen LogP contribution < -0.4 is 0 Å². The van der Waals surface area contributed by atoms with E-state index in [1.165, 1.54) is 0 Å². The predicted molar refractivity (Wildman–Crippen MR) is 176 cm³/mol. The molecule has 0 spiro atoms. The summed E-state index contributed by atoms with van der Waals surface area (Å²) in [4.78, 5) is 0. The molecular formula is C40H21N5. The average Bonchev–Trinajstić information content (AvgIpc) is 3.44. The second kappa shape index (κ2) is 11.1. The van der Waals surface area contributed by atoms with Gasteiger partial charge in [0, 0.05) is 27.6 Å². The predicted octanol–water partition coefficient (Wildman–Crippen LogP) is 9.27. The molecule has 45 heavy (non-hydrogen) atoms. The van der Waals surface area contributed by atoms with Gasteiger partial charge >= 0.3 is 0 Å². The number of nitrogens with zero attached hydrogens (tertiary/aromatic N) is 5. The Morgan fingerprint density at radius 1 is 0.378 bits per heavy atom. The summed E-state index contributed by atoms with van der Waals surface area (Å²) in [5, 5.41) is 41.4. The maximum atomic E-state index is 9.89. The maximum Gasteiger partial charge on any atom is 0.0998 e. The topological polar surface area (TPSA) is 100 Å². The van der Waals surface area contributed by atoms with Crippen molar-refractivity contribution in [1.29, 1.82) is 21.0 Å². The molecule has 1 aromatic heterocycles. The van der Waals surface area contributed by atoms with Crippen molar-refractivity contribution < 1.29 is 0 Å². The third kappa shape index (κ3) is 4.47. The van der Waals surface area contributed by atoms with Gasteiger partial charge < -0.3 is 4.57 Å². The van der Waals surface area contributed by atoms with Crippen molar-refractivity contribution in [3.63, 3.8) is 0 Å². The highest BCUT2D eigenvalue weighted by atomic mass is 15.0. The summed E-state index contributed by atoms with van der Waals surface area (Å²) in [5.41, 5.74) is 9.52. The zero-order valence-corrected chi connectivity index (χ0v) is 23.9. The fourth-order valence-electron chi connectivity index (χ4n) is 6.15. The highest BCUT2D eigenvalue weighted by molar-refractivity contribution is 6.12. The second-order valence-corrected chi connectivity index (χ2v) is 10.6. The molecule has 0 aliphatic rings. The smallest absolute Gasteiger partial charge is 0.0998 e. The minimum Gasteiger partial charge on any atom is -0.309 e. The Morgan fingerprint density at radius 3 is 1.20 bits per heavy atom. The van der Waals surface area contributed by atoms with Gasteiger partial charge in [0.2, 0.25) is 0 Å². The molecule has 0 saturated carbocycles. The lowest BCUT2D eigenvalue weighted by atomic mass is 9.93. The van der Waals surface area contributed by atoms with Crippen LogP contribution >= 0.6 is 0 Å². The third-order valence-corrected chi connectivity index (χ3v) is 8.19. The molecule has 0 bridgehead atoms. The highest BCUT2D eigenvalue weighted by Crippen LogP contribution is 2.39. The van der Waals surface area contributed by atoms with Crippen molar-refractivity contribution in [2.24, 2.45) is 0 Å². The summed E-state index contributed by atoms with van der Waals surface area (Å²) in [7, 11) is 0. The summed E-state index contributed by atoms with van der Waals surface area (Å²) in [6.45, 7) is 0. The number of aromatic nitrogens is 1. The Bertz CT molecular complexity index is 2260. The minimum atomic E-state index is 0.427. The number of fused-ring (bicyclic) bond motifs is 3. The van der Waals surface area contributed by atoms with Gasteiger partial charge in [-0.1, -0.05) is 66.7 Å². The number of hydrogen-bond donors (Lipinski definition) is 0. The van der Waals surface area contributed by atoms with Crippen LogP contribution in [-0.4, -0.2) is 4.57 Å². The van der Waals surface area contributed by atoms with E-state index < -0.39 is 0 Å². The van der Waals surface area contributed by atoms with Crippen LogP contribution in [0.2, 0.25) is 0 Å². The molecule has 0 fully saturated rings. The Morgan fingerprint density at radius 2 is 0.778 bits per heavy atom. The van der Waals surface area contributed by atoms with Gasteiger partial charge in [-0.2, -0.15) is 21.0 Å². The van der Waals surface area contributed by atoms with E-state index >= 15 is 0 Å². The van der Waals surface area contributed by atoms with Crippen LogP contribution in [0.25, 0.3) is 60.9 Å². The van der Waals surface area contributed by atoms with E-state index in [2.05, 4.69) is 65.2 Å². The number of rotatable bonds is 4. The van der Waals surface area contributed by atoms with Gasteiger partial charge in [0.05, 0.1) is 57.6 Å². The molecule has 6 aromatic carbocycles. The highest BCUT2D eigenvalue weighted by Gasteiger charge is 2.19. The Hall–Kier alpha value is -6.92. The Kier molecular flexibility index (Phi) is 6.62. The van der Waals surface area contributed by atoms with Crippen LogP contribution in [0.4, 0.5) is 0 Å². The van der Waals surface area contributed by atoms with Crippen LogP contribution in [0.1, 0.15) is 22.3 Å². The van der Waals surface area contributed by atoms with Gasteiger partial charge in [-0.3, -0.25) is 0 Å². The number of nitriles is 4. The molecule has 7 aromatic rings. The van der Waals surface area contributed by atoms with Crippen molar-refractivity contribution in [3.05, 3.63) is 150 Å². The molecule has 0 atom stereocenters. The van der Waals surface area contributed by atoms with Gasteiger partial charge in [-0.25, -0.2) is 0 Å². The fourth-order valence-corrected chi connectivity index (χ4v) is 6.15. The molecule has 0 unspecified atom stereocenters. The summed E-state index contributed by atoms with van der Waals surface area (Å²) in [6, 6.07) is 49.9. The lowest BCUT2D eigenvalue weighted by Crippen LogP contribution is -1.95. The van der Waals surface area contributed by atoms with E-state index in [0.29, 0.717) is 33.4 Å². The van der Waals surface area contributed by atoms with E-state index in [1.54, 1.807) is 36.4 Å². The Labute approximate surface area is 259 Å². The largest absolute Gasteiger partial charge is 0.309 e. The van der Waals surface area contributed by atoms with Crippen molar-refractivity contribution in [1.82, 2.24) is 4.57 Å². The first kappa shape index (κ1) is 26.9. The SMILES string of the molecule is N#Cc1cccc(C#N)c1-c1ccc2c(c1)c1cc(-c3c(C#N)cccc3C#N)ccc1n2-c1ccc(-c2ccccc2)cc1. The van der Waals surface area contributed by atoms with Crippen LogP contribution in [-0.2, 0) is 0 Å². The first-order valence-corrected chi connectivity index (χ1v) is 14.3. The van der Waals surface area contributed by atoms with Crippen LogP contribution in [0, 0.1) is 45.3 Å². The van der Waals surface area contributed by atoms with Gasteiger partial charge in [0.15, 0.2) is 0 Å². The molecule has 0 N–H and O–H groups in total. The van der Waals surface area contributed by atoms with Gasteiger partial charge in [0.1, 0.15) is 0 Å². The van der Waals surface area contributed by atoms with Gasteiger partial charge in [-0.15, -0.1) is 0 Å². The van der Waals surface area contributed by atoms with E-state index in [9.17, 15) is 21.0 Å². The summed E-state index contributed by atoms with van der Waals surface area (Å²) in [5.74, 6) is 0. The van der Waals surface area contributed by atoms with Crippen molar-refractivity contribution in [2.75, 3.05) is 0 Å². The molecule has 0 amide bonds. The van der Waals surface area contributed by atoms with E-state index in [4.69, 9.17) is 0 Å². The Balaban J connectivity index is 1.52. The molecule has 1 heterocycles. The normalized spacial score (nSPS) is 10.6. The van der Waals surface area contributed by atoms with E-state index in [0.717, 1.165) is 49.7 Å². The molecule has 5 heteroatoms. The molecule has 0 aliphatic heterocycles. The van der Waals surface area contributed by atoms with E-state index in [-0.39, 0.29) is 0 Å². The van der Waals surface area contributed by atoms with Gasteiger partial charge in [0.25, 0.3) is 0 Å². The molecule has 206 valence electrons. The third-order valence-electron chi connectivity index (χ3n) is 8.19. The second-order valence-electron chi connectivity index (χ2n) is 10.6. The van der Waals surface area contributed by atoms with Crippen molar-refractivity contribution >= 4 is 21.8 Å². The molecule has 0 saturated heterocycles. The molecule has 7 rings (SSSR count).